The van der Waals surface area contributed by atoms with Crippen molar-refractivity contribution < 1.29 is 0 Å². The minimum atomic E-state index is 0. The van der Waals surface area contributed by atoms with E-state index in [1.54, 1.807) is 0 Å². The van der Waals surface area contributed by atoms with Crippen LogP contribution in [0.5, 0.6) is 0 Å². The predicted octanol–water partition coefficient (Wildman–Crippen LogP) is 4.02. The van der Waals surface area contributed by atoms with E-state index in [4.69, 9.17) is 0 Å². The van der Waals surface area contributed by atoms with E-state index in [0.29, 0.717) is 0 Å². The molecule has 0 aromatic rings. The summed E-state index contributed by atoms with van der Waals surface area (Å²) in [5, 5.41) is 0. The highest BCUT2D eigenvalue weighted by molar-refractivity contribution is 4.70. The van der Waals surface area contributed by atoms with Crippen molar-refractivity contribution >= 4 is 0 Å². The maximum atomic E-state index is 2.39. The van der Waals surface area contributed by atoms with Crippen molar-refractivity contribution in [3.63, 3.8) is 0 Å². The molecule has 0 unspecified atom stereocenters. The van der Waals surface area contributed by atoms with E-state index in [9.17, 15) is 0 Å². The highest BCUT2D eigenvalue weighted by atomic mass is 14.2. The van der Waals surface area contributed by atoms with Crippen LogP contribution in [0.15, 0.2) is 0 Å². The summed E-state index contributed by atoms with van der Waals surface area (Å²) < 4.78 is 0. The molecule has 1 nitrogen and oxygen atoms in total. The zero-order chi connectivity index (χ0) is 8.27. The molecule has 3 N–H and O–H groups in total. The van der Waals surface area contributed by atoms with E-state index >= 15 is 0 Å². The monoisotopic (exact) mass is 171 g/mol. The van der Waals surface area contributed by atoms with Crippen LogP contribution in [0.25, 0.3) is 0 Å². The molecule has 0 atom stereocenters. The molecule has 12 heavy (non-hydrogen) atoms. The smallest absolute Gasteiger partial charge is 0.0412 e. The van der Waals surface area contributed by atoms with Crippen molar-refractivity contribution in [1.29, 1.82) is 0 Å². The summed E-state index contributed by atoms with van der Waals surface area (Å²) in [6.07, 6.45) is 7.43. The van der Waals surface area contributed by atoms with E-state index in [0.717, 1.165) is 17.8 Å². The first-order chi connectivity index (χ1) is 5.18. The van der Waals surface area contributed by atoms with Crippen LogP contribution in [0.4, 0.5) is 0 Å². The third-order valence-electron chi connectivity index (χ3n) is 2.94. The van der Waals surface area contributed by atoms with E-state index in [1.165, 1.54) is 32.1 Å². The number of hydrogen-bond acceptors (Lipinski definition) is 1. The fourth-order valence-electron chi connectivity index (χ4n) is 2.23. The van der Waals surface area contributed by atoms with Crippen LogP contribution in [0, 0.1) is 17.8 Å². The molecule has 0 aliphatic heterocycles. The average Bonchev–Trinajstić information content (AvgIpc) is 1.93. The van der Waals surface area contributed by atoms with Gasteiger partial charge in [-0.15, -0.1) is 0 Å². The van der Waals surface area contributed by atoms with Crippen LogP contribution in [-0.4, -0.2) is 0 Å². The van der Waals surface area contributed by atoms with Gasteiger partial charge < -0.3 is 6.15 Å². The quantitative estimate of drug-likeness (QED) is 0.669. The molecule has 0 aromatic heterocycles. The third-order valence-corrected chi connectivity index (χ3v) is 2.94. The zero-order valence-corrected chi connectivity index (χ0v) is 8.97. The Balaban J connectivity index is 0.00000121. The Morgan fingerprint density at radius 3 is 2.00 bits per heavy atom. The molecule has 0 radical (unpaired) electrons. The minimum absolute atomic E-state index is 0. The summed E-state index contributed by atoms with van der Waals surface area (Å²) in [5.41, 5.74) is 0. The standard InChI is InChI=1S/C11H22.H3N/c1-9(2)8-11-6-4-10(3)5-7-11;/h9-11H,4-8H2,1-3H3;1H3. The highest BCUT2D eigenvalue weighted by Crippen LogP contribution is 2.31. The van der Waals surface area contributed by atoms with E-state index in [1.807, 2.05) is 0 Å². The van der Waals surface area contributed by atoms with Crippen LogP contribution in [0.1, 0.15) is 52.9 Å². The van der Waals surface area contributed by atoms with E-state index in [-0.39, 0.29) is 6.15 Å². The Hall–Kier alpha value is -0.0400. The maximum absolute atomic E-state index is 2.39. The molecule has 0 amide bonds. The van der Waals surface area contributed by atoms with Crippen LogP contribution in [0.3, 0.4) is 0 Å². The van der Waals surface area contributed by atoms with Gasteiger partial charge in [0.25, 0.3) is 0 Å². The fourth-order valence-corrected chi connectivity index (χ4v) is 2.23. The van der Waals surface area contributed by atoms with Gasteiger partial charge in [-0.25, -0.2) is 0 Å². The van der Waals surface area contributed by atoms with Gasteiger partial charge in [0.15, 0.2) is 0 Å². The predicted molar refractivity (Wildman–Crippen MR) is 55.6 cm³/mol. The number of hydrogen-bond donors (Lipinski definition) is 1. The molecule has 1 aliphatic rings. The first-order valence-electron chi connectivity index (χ1n) is 5.18. The molecule has 1 aliphatic carbocycles. The molecule has 1 fully saturated rings. The second-order valence-corrected chi connectivity index (χ2v) is 4.76. The fraction of sp³-hybridized carbons (Fsp3) is 1.00. The van der Waals surface area contributed by atoms with Gasteiger partial charge in [0.05, 0.1) is 0 Å². The first kappa shape index (κ1) is 12.0. The Labute approximate surface area is 77.5 Å². The van der Waals surface area contributed by atoms with Crippen molar-refractivity contribution in [2.45, 2.75) is 52.9 Å². The Kier molecular flexibility index (Phi) is 5.56. The molecule has 1 rings (SSSR count). The van der Waals surface area contributed by atoms with Gasteiger partial charge in [-0.05, 0) is 24.2 Å². The van der Waals surface area contributed by atoms with Gasteiger partial charge in [0.1, 0.15) is 0 Å². The van der Waals surface area contributed by atoms with E-state index in [2.05, 4.69) is 20.8 Å². The zero-order valence-electron chi connectivity index (χ0n) is 8.97. The second kappa shape index (κ2) is 5.58. The molecule has 74 valence electrons. The highest BCUT2D eigenvalue weighted by Gasteiger charge is 2.18. The molecule has 1 heteroatoms. The SMILES string of the molecule is CC(C)CC1CCC(C)CC1.N. The maximum Gasteiger partial charge on any atom is -0.0412 e. The topological polar surface area (TPSA) is 35.0 Å². The lowest BCUT2D eigenvalue weighted by Gasteiger charge is -2.27. The summed E-state index contributed by atoms with van der Waals surface area (Å²) in [7, 11) is 0. The van der Waals surface area contributed by atoms with Gasteiger partial charge in [-0.2, -0.15) is 0 Å². The van der Waals surface area contributed by atoms with Gasteiger partial charge in [-0.1, -0.05) is 46.5 Å². The molecule has 0 aromatic carbocycles. The molecule has 0 bridgehead atoms. The molecule has 1 saturated carbocycles. The Bertz CT molecular complexity index is 102. The van der Waals surface area contributed by atoms with Crippen LogP contribution in [-0.2, 0) is 0 Å². The first-order valence-corrected chi connectivity index (χ1v) is 5.18. The van der Waals surface area contributed by atoms with Crippen LogP contribution < -0.4 is 6.15 Å². The molecule has 0 saturated heterocycles. The Morgan fingerprint density at radius 1 is 1.08 bits per heavy atom. The molecule has 0 spiro atoms. The lowest BCUT2D eigenvalue weighted by Crippen LogP contribution is -2.13. The average molecular weight is 171 g/mol. The lowest BCUT2D eigenvalue weighted by molar-refractivity contribution is 0.256. The van der Waals surface area contributed by atoms with Crippen LogP contribution in [0.2, 0.25) is 0 Å². The summed E-state index contributed by atoms with van der Waals surface area (Å²) in [6.45, 7) is 7.08. The summed E-state index contributed by atoms with van der Waals surface area (Å²) in [6, 6.07) is 0. The van der Waals surface area contributed by atoms with E-state index < -0.39 is 0 Å². The summed E-state index contributed by atoms with van der Waals surface area (Å²) in [4.78, 5) is 0. The summed E-state index contributed by atoms with van der Waals surface area (Å²) >= 11 is 0. The largest absolute Gasteiger partial charge is 0.344 e. The van der Waals surface area contributed by atoms with Crippen molar-refractivity contribution in [3.05, 3.63) is 0 Å². The third kappa shape index (κ3) is 4.10. The van der Waals surface area contributed by atoms with Gasteiger partial charge >= 0.3 is 0 Å². The normalized spacial score (nSPS) is 30.0. The molecule has 0 heterocycles. The van der Waals surface area contributed by atoms with Crippen molar-refractivity contribution in [2.75, 3.05) is 0 Å². The summed E-state index contributed by atoms with van der Waals surface area (Å²) in [5.74, 6) is 2.98. The minimum Gasteiger partial charge on any atom is -0.344 e. The Morgan fingerprint density at radius 2 is 1.58 bits per heavy atom. The van der Waals surface area contributed by atoms with Crippen LogP contribution >= 0.6 is 0 Å². The van der Waals surface area contributed by atoms with Crippen molar-refractivity contribution in [1.82, 2.24) is 6.15 Å². The molecular weight excluding hydrogens is 146 g/mol. The van der Waals surface area contributed by atoms with Gasteiger partial charge in [0, 0.05) is 0 Å². The van der Waals surface area contributed by atoms with Crippen molar-refractivity contribution in [2.24, 2.45) is 17.8 Å². The second-order valence-electron chi connectivity index (χ2n) is 4.76. The molecular formula is C11H25N. The lowest BCUT2D eigenvalue weighted by atomic mass is 9.79. The van der Waals surface area contributed by atoms with Crippen molar-refractivity contribution in [3.8, 4) is 0 Å². The van der Waals surface area contributed by atoms with Gasteiger partial charge in [-0.3, -0.25) is 0 Å². The van der Waals surface area contributed by atoms with Gasteiger partial charge in [0.2, 0.25) is 0 Å². The number of rotatable bonds is 2.